The lowest BCUT2D eigenvalue weighted by Gasteiger charge is -2.61. The van der Waals surface area contributed by atoms with E-state index in [4.69, 9.17) is 4.98 Å². The van der Waals surface area contributed by atoms with Crippen LogP contribution >= 0.6 is 11.3 Å². The number of imidazole rings is 1. The zero-order valence-corrected chi connectivity index (χ0v) is 21.0. The molecule has 4 bridgehead atoms. The fraction of sp³-hybridized carbons (Fsp3) is 0.467. The summed E-state index contributed by atoms with van der Waals surface area (Å²) in [4.78, 5) is 9.30. The molecule has 6 heteroatoms. The molecule has 4 aromatic rings. The Balaban J connectivity index is 1.06. The zero-order chi connectivity index (χ0) is 24.0. The summed E-state index contributed by atoms with van der Waals surface area (Å²) in [6, 6.07) is 13.6. The third kappa shape index (κ3) is 3.07. The van der Waals surface area contributed by atoms with Gasteiger partial charge in [0, 0.05) is 17.5 Å². The number of hydrogen-bond donors (Lipinski definition) is 1. The minimum atomic E-state index is -0.431. The number of fused-ring (bicyclic) bond motifs is 4. The zero-order valence-electron chi connectivity index (χ0n) is 20.2. The summed E-state index contributed by atoms with van der Waals surface area (Å²) in [5, 5.41) is 13.1. The monoisotopic (exact) mass is 499 g/mol. The van der Waals surface area contributed by atoms with Gasteiger partial charge >= 0.3 is 0 Å². The normalized spacial score (nSPS) is 32.7. The van der Waals surface area contributed by atoms with Gasteiger partial charge in [0.2, 0.25) is 0 Å². The van der Waals surface area contributed by atoms with E-state index in [1.54, 1.807) is 18.5 Å². The average molecular weight is 500 g/mol. The van der Waals surface area contributed by atoms with E-state index in [-0.39, 0.29) is 17.3 Å². The van der Waals surface area contributed by atoms with Crippen LogP contribution in [0.2, 0.25) is 0 Å². The van der Waals surface area contributed by atoms with Gasteiger partial charge in [-0.25, -0.2) is 14.4 Å². The minimum absolute atomic E-state index is 0.0324. The number of aliphatic hydroxyl groups is 1. The molecule has 4 fully saturated rings. The number of hydrogen-bond acceptors (Lipinski definition) is 4. The molecule has 9 rings (SSSR count). The van der Waals surface area contributed by atoms with E-state index in [2.05, 4.69) is 33.8 Å². The maximum Gasteiger partial charge on any atom is 0.129 e. The molecule has 4 unspecified atom stereocenters. The number of thiazole rings is 1. The molecule has 3 heterocycles. The maximum absolute atomic E-state index is 15.0. The van der Waals surface area contributed by atoms with Gasteiger partial charge in [-0.2, -0.15) is 0 Å². The Morgan fingerprint density at radius 2 is 1.92 bits per heavy atom. The van der Waals surface area contributed by atoms with Crippen molar-refractivity contribution in [3.63, 3.8) is 0 Å². The van der Waals surface area contributed by atoms with Gasteiger partial charge in [0.1, 0.15) is 5.82 Å². The van der Waals surface area contributed by atoms with Gasteiger partial charge < -0.3 is 9.67 Å². The molecule has 2 aromatic heterocycles. The second-order valence-corrected chi connectivity index (χ2v) is 13.0. The lowest BCUT2D eigenvalue weighted by molar-refractivity contribution is -0.150. The lowest BCUT2D eigenvalue weighted by Crippen LogP contribution is -2.56. The Morgan fingerprint density at radius 3 is 2.75 bits per heavy atom. The summed E-state index contributed by atoms with van der Waals surface area (Å²) in [7, 11) is 0. The van der Waals surface area contributed by atoms with Crippen molar-refractivity contribution in [2.75, 3.05) is 0 Å². The highest BCUT2D eigenvalue weighted by molar-refractivity contribution is 7.18. The molecule has 4 nitrogen and oxygen atoms in total. The largest absolute Gasteiger partial charge is 0.392 e. The van der Waals surface area contributed by atoms with Crippen molar-refractivity contribution in [1.29, 1.82) is 0 Å². The van der Waals surface area contributed by atoms with Crippen LogP contribution in [0.3, 0.4) is 0 Å². The first-order valence-electron chi connectivity index (χ1n) is 13.4. The number of benzene rings is 2. The molecule has 5 aliphatic rings. The fourth-order valence-corrected chi connectivity index (χ4v) is 9.87. The minimum Gasteiger partial charge on any atom is -0.392 e. The molecule has 4 aliphatic carbocycles. The van der Waals surface area contributed by atoms with Crippen LogP contribution in [0.15, 0.2) is 55.0 Å². The van der Waals surface area contributed by atoms with Gasteiger partial charge in [-0.1, -0.05) is 24.3 Å². The smallest absolute Gasteiger partial charge is 0.129 e. The number of para-hydroxylation sites is 1. The van der Waals surface area contributed by atoms with Gasteiger partial charge in [0.05, 0.1) is 45.6 Å². The summed E-state index contributed by atoms with van der Waals surface area (Å²) in [6.45, 7) is 0. The molecule has 0 saturated heterocycles. The standard InChI is InChI=1S/C30H30FN3OS/c31-22-5-3-4-20-25-15-32-16-34(25)24(29(20)22)11-27(35)30-12-17-8-18(13-30)21(19(9-17)14-30)10-28-33-23-6-1-2-7-26(23)36-28/h1-7,15-19,21,24,27,35H,8-14H2. The van der Waals surface area contributed by atoms with E-state index < -0.39 is 6.10 Å². The number of halogens is 1. The first kappa shape index (κ1) is 21.5. The van der Waals surface area contributed by atoms with Crippen LogP contribution in [-0.2, 0) is 6.42 Å². The van der Waals surface area contributed by atoms with Crippen molar-refractivity contribution >= 4 is 21.6 Å². The van der Waals surface area contributed by atoms with Gasteiger partial charge in [-0.15, -0.1) is 11.3 Å². The number of rotatable bonds is 5. The molecule has 0 radical (unpaired) electrons. The number of aromatic nitrogens is 3. The Kier molecular flexibility index (Phi) is 4.61. The van der Waals surface area contributed by atoms with Crippen LogP contribution < -0.4 is 0 Å². The Bertz CT molecular complexity index is 1430. The second-order valence-electron chi connectivity index (χ2n) is 11.9. The number of aliphatic hydroxyl groups excluding tert-OH is 1. The van der Waals surface area contributed by atoms with Crippen molar-refractivity contribution in [1.82, 2.24) is 14.5 Å². The van der Waals surface area contributed by atoms with E-state index >= 15 is 4.39 Å². The Morgan fingerprint density at radius 1 is 1.08 bits per heavy atom. The predicted octanol–water partition coefficient (Wildman–Crippen LogP) is 6.64. The predicted molar refractivity (Wildman–Crippen MR) is 139 cm³/mol. The molecule has 2 aromatic carbocycles. The van der Waals surface area contributed by atoms with Crippen LogP contribution in [0.25, 0.3) is 21.5 Å². The van der Waals surface area contributed by atoms with E-state index in [1.807, 2.05) is 23.6 Å². The summed E-state index contributed by atoms with van der Waals surface area (Å²) in [5.74, 6) is 2.55. The van der Waals surface area contributed by atoms with Crippen molar-refractivity contribution in [2.24, 2.45) is 29.1 Å². The average Bonchev–Trinajstić information content (AvgIpc) is 3.57. The summed E-state index contributed by atoms with van der Waals surface area (Å²) in [5.41, 5.74) is 3.70. The maximum atomic E-state index is 15.0. The fourth-order valence-electron chi connectivity index (χ4n) is 8.84. The Labute approximate surface area is 214 Å². The molecule has 1 N–H and O–H groups in total. The van der Waals surface area contributed by atoms with E-state index in [9.17, 15) is 5.11 Å². The van der Waals surface area contributed by atoms with E-state index in [1.165, 1.54) is 22.5 Å². The molecular formula is C30H30FN3OS. The molecule has 4 saturated carbocycles. The highest BCUT2D eigenvalue weighted by atomic mass is 32.1. The summed E-state index contributed by atoms with van der Waals surface area (Å²) in [6.07, 6.45) is 10.8. The first-order valence-corrected chi connectivity index (χ1v) is 14.2. The molecule has 0 amide bonds. The topological polar surface area (TPSA) is 50.9 Å². The molecule has 0 spiro atoms. The molecular weight excluding hydrogens is 469 g/mol. The van der Waals surface area contributed by atoms with Crippen molar-refractivity contribution in [3.05, 3.63) is 71.4 Å². The van der Waals surface area contributed by atoms with Crippen LogP contribution in [0.5, 0.6) is 0 Å². The van der Waals surface area contributed by atoms with Crippen LogP contribution in [0.1, 0.15) is 55.1 Å². The molecule has 36 heavy (non-hydrogen) atoms. The van der Waals surface area contributed by atoms with Crippen LogP contribution in [0.4, 0.5) is 4.39 Å². The summed E-state index contributed by atoms with van der Waals surface area (Å²) < 4.78 is 18.4. The van der Waals surface area contributed by atoms with Crippen molar-refractivity contribution in [2.45, 2.75) is 57.1 Å². The van der Waals surface area contributed by atoms with Gasteiger partial charge in [0.15, 0.2) is 0 Å². The van der Waals surface area contributed by atoms with E-state index in [0.29, 0.717) is 24.2 Å². The third-order valence-corrected chi connectivity index (χ3v) is 11.1. The molecule has 184 valence electrons. The van der Waals surface area contributed by atoms with E-state index in [0.717, 1.165) is 53.9 Å². The molecule has 1 aliphatic heterocycles. The quantitative estimate of drug-likeness (QED) is 0.335. The van der Waals surface area contributed by atoms with Gasteiger partial charge in [-0.05, 0) is 85.8 Å². The lowest BCUT2D eigenvalue weighted by atomic mass is 9.44. The third-order valence-electron chi connectivity index (χ3n) is 10.1. The Hall–Kier alpha value is -2.57. The highest BCUT2D eigenvalue weighted by Crippen LogP contribution is 2.65. The van der Waals surface area contributed by atoms with Gasteiger partial charge in [0.25, 0.3) is 0 Å². The molecule has 4 atom stereocenters. The second kappa shape index (κ2) is 7.72. The van der Waals surface area contributed by atoms with Crippen LogP contribution in [-0.4, -0.2) is 25.7 Å². The van der Waals surface area contributed by atoms with Crippen LogP contribution in [0, 0.1) is 34.9 Å². The van der Waals surface area contributed by atoms with Crippen molar-refractivity contribution in [3.8, 4) is 11.3 Å². The SMILES string of the molecule is OC(CC1c2c(F)cccc2-c2cncn21)C12CC3CC(C1)C(Cc1nc4ccccc4s1)C(C3)C2. The summed E-state index contributed by atoms with van der Waals surface area (Å²) >= 11 is 1.85. The van der Waals surface area contributed by atoms with Gasteiger partial charge in [-0.3, -0.25) is 0 Å². The number of nitrogens with zero attached hydrogens (tertiary/aromatic N) is 3. The highest BCUT2D eigenvalue weighted by Gasteiger charge is 2.58. The van der Waals surface area contributed by atoms with Crippen molar-refractivity contribution < 1.29 is 9.50 Å². The first-order chi connectivity index (χ1) is 17.6.